The molecule has 0 fully saturated rings. The Kier molecular flexibility index (Phi) is 2.19. The van der Waals surface area contributed by atoms with E-state index in [9.17, 15) is 5.11 Å². The predicted octanol–water partition coefficient (Wildman–Crippen LogP) is 3.95. The van der Waals surface area contributed by atoms with E-state index in [4.69, 9.17) is 0 Å². The molecule has 1 aromatic carbocycles. The molecule has 3 aromatic rings. The van der Waals surface area contributed by atoms with Gasteiger partial charge in [0.25, 0.3) is 0 Å². The number of H-pyrrole nitrogens is 1. The minimum Gasteiger partial charge on any atom is -0.507 e. The van der Waals surface area contributed by atoms with Gasteiger partial charge in [0.1, 0.15) is 11.4 Å². The second-order valence-electron chi connectivity index (χ2n) is 3.52. The Morgan fingerprint density at radius 3 is 2.75 bits per heavy atom. The summed E-state index contributed by atoms with van der Waals surface area (Å²) in [5, 5.41) is 11.6. The number of halogens is 2. The second kappa shape index (κ2) is 3.46. The van der Waals surface area contributed by atoms with E-state index in [0.717, 1.165) is 26.4 Å². The summed E-state index contributed by atoms with van der Waals surface area (Å²) in [5.74, 6) is 0.230. The van der Waals surface area contributed by atoms with Crippen LogP contribution in [0, 0.1) is 0 Å². The maximum Gasteiger partial charge on any atom is 0.138 e. The summed E-state index contributed by atoms with van der Waals surface area (Å²) >= 11 is 6.68. The molecule has 80 valence electrons. The first kappa shape index (κ1) is 10.1. The smallest absolute Gasteiger partial charge is 0.138 e. The molecule has 16 heavy (non-hydrogen) atoms. The Bertz CT molecular complexity index is 706. The van der Waals surface area contributed by atoms with Crippen molar-refractivity contribution in [2.24, 2.45) is 0 Å². The maximum absolute atomic E-state index is 9.67. The van der Waals surface area contributed by atoms with E-state index in [-0.39, 0.29) is 5.75 Å². The first-order valence-corrected chi connectivity index (χ1v) is 6.19. The molecule has 2 N–H and O–H groups in total. The number of aromatic amines is 1. The molecule has 0 atom stereocenters. The van der Waals surface area contributed by atoms with Crippen molar-refractivity contribution < 1.29 is 5.11 Å². The quantitative estimate of drug-likeness (QED) is 0.650. The Hall–Kier alpha value is -1.07. The fourth-order valence-corrected chi connectivity index (χ4v) is 2.43. The fraction of sp³-hybridized carbons (Fsp3) is 0. The lowest BCUT2D eigenvalue weighted by Crippen LogP contribution is -1.74. The highest BCUT2D eigenvalue weighted by molar-refractivity contribution is 9.10. The molecule has 3 rings (SSSR count). The van der Waals surface area contributed by atoms with Crippen molar-refractivity contribution in [2.75, 3.05) is 0 Å². The van der Waals surface area contributed by atoms with Crippen LogP contribution in [0.4, 0.5) is 0 Å². The number of nitrogens with zero attached hydrogens (tertiary/aromatic N) is 1. The lowest BCUT2D eigenvalue weighted by molar-refractivity contribution is 0.473. The zero-order valence-electron chi connectivity index (χ0n) is 7.96. The molecule has 0 unspecified atom stereocenters. The number of pyridine rings is 1. The molecule has 2 heterocycles. The summed E-state index contributed by atoms with van der Waals surface area (Å²) < 4.78 is 1.59. The Balaban J connectivity index is 2.53. The van der Waals surface area contributed by atoms with Gasteiger partial charge in [-0.2, -0.15) is 0 Å². The molecule has 0 radical (unpaired) electrons. The molecular formula is C11H6Br2N2O. The van der Waals surface area contributed by atoms with Gasteiger partial charge in [0.05, 0.1) is 4.47 Å². The first-order valence-electron chi connectivity index (χ1n) is 4.60. The number of aromatic nitrogens is 2. The van der Waals surface area contributed by atoms with Gasteiger partial charge in [0.2, 0.25) is 0 Å². The van der Waals surface area contributed by atoms with E-state index in [1.165, 1.54) is 0 Å². The van der Waals surface area contributed by atoms with E-state index >= 15 is 0 Å². The third kappa shape index (κ3) is 1.43. The molecule has 2 aromatic heterocycles. The van der Waals surface area contributed by atoms with Crippen LogP contribution in [0.3, 0.4) is 0 Å². The molecule has 0 amide bonds. The lowest BCUT2D eigenvalue weighted by Gasteiger charge is -1.96. The normalized spacial score (nSPS) is 11.4. The largest absolute Gasteiger partial charge is 0.507 e. The second-order valence-corrected chi connectivity index (χ2v) is 5.29. The van der Waals surface area contributed by atoms with Crippen molar-refractivity contribution in [3.63, 3.8) is 0 Å². The minimum absolute atomic E-state index is 0.230. The number of hydrogen-bond donors (Lipinski definition) is 2. The van der Waals surface area contributed by atoms with Gasteiger partial charge >= 0.3 is 0 Å². The zero-order chi connectivity index (χ0) is 11.3. The van der Waals surface area contributed by atoms with Gasteiger partial charge in [0.15, 0.2) is 0 Å². The molecule has 0 bridgehead atoms. The van der Waals surface area contributed by atoms with Gasteiger partial charge in [-0.25, -0.2) is 4.98 Å². The summed E-state index contributed by atoms with van der Waals surface area (Å²) in [6, 6.07) is 5.56. The number of hydrogen-bond acceptors (Lipinski definition) is 2. The van der Waals surface area contributed by atoms with Crippen molar-refractivity contribution in [2.45, 2.75) is 0 Å². The van der Waals surface area contributed by atoms with Crippen molar-refractivity contribution in [1.82, 2.24) is 9.97 Å². The van der Waals surface area contributed by atoms with Gasteiger partial charge in [-0.3, -0.25) is 0 Å². The van der Waals surface area contributed by atoms with Crippen LogP contribution in [0.5, 0.6) is 5.75 Å². The third-order valence-electron chi connectivity index (χ3n) is 2.48. The highest BCUT2D eigenvalue weighted by Gasteiger charge is 2.08. The maximum atomic E-state index is 9.67. The molecule has 0 spiro atoms. The highest BCUT2D eigenvalue weighted by atomic mass is 79.9. The molecule has 3 nitrogen and oxygen atoms in total. The van der Waals surface area contributed by atoms with Crippen molar-refractivity contribution >= 4 is 53.8 Å². The Morgan fingerprint density at radius 1 is 1.12 bits per heavy atom. The molecule has 0 saturated carbocycles. The summed E-state index contributed by atoms with van der Waals surface area (Å²) in [6.45, 7) is 0. The molecule has 5 heteroatoms. The Labute approximate surface area is 108 Å². The number of phenolic OH excluding ortho intramolecular Hbond substituents is 1. The van der Waals surface area contributed by atoms with Crippen molar-refractivity contribution in [3.8, 4) is 5.75 Å². The number of fused-ring (bicyclic) bond motifs is 3. The average molecular weight is 342 g/mol. The molecule has 0 aliphatic heterocycles. The highest BCUT2D eigenvalue weighted by Crippen LogP contribution is 2.33. The van der Waals surface area contributed by atoms with E-state index in [1.54, 1.807) is 12.3 Å². The standard InChI is InChI=1S/C11H6Br2N2O/c12-5-1-7-6-2-10(16)8(13)3-9(6)15-11(7)14-4-5/h1-4,16H,(H,14,15). The van der Waals surface area contributed by atoms with Gasteiger partial charge in [0, 0.05) is 27.0 Å². The van der Waals surface area contributed by atoms with Crippen LogP contribution in [-0.2, 0) is 0 Å². The zero-order valence-corrected chi connectivity index (χ0v) is 11.1. The monoisotopic (exact) mass is 340 g/mol. The average Bonchev–Trinajstić information content (AvgIpc) is 2.57. The number of phenols is 1. The third-order valence-corrected chi connectivity index (χ3v) is 3.55. The van der Waals surface area contributed by atoms with E-state index in [0.29, 0.717) is 4.47 Å². The molecule has 0 aliphatic carbocycles. The van der Waals surface area contributed by atoms with E-state index in [2.05, 4.69) is 41.8 Å². The summed E-state index contributed by atoms with van der Waals surface area (Å²) in [7, 11) is 0. The first-order chi connectivity index (χ1) is 7.65. The van der Waals surface area contributed by atoms with Crippen LogP contribution < -0.4 is 0 Å². The Morgan fingerprint density at radius 2 is 1.94 bits per heavy atom. The minimum atomic E-state index is 0.230. The van der Waals surface area contributed by atoms with E-state index in [1.807, 2.05) is 12.1 Å². The van der Waals surface area contributed by atoms with Crippen LogP contribution in [0.25, 0.3) is 21.9 Å². The van der Waals surface area contributed by atoms with Crippen LogP contribution in [0.15, 0.2) is 33.3 Å². The van der Waals surface area contributed by atoms with Gasteiger partial charge < -0.3 is 10.1 Å². The predicted molar refractivity (Wildman–Crippen MR) is 70.7 cm³/mol. The van der Waals surface area contributed by atoms with Crippen molar-refractivity contribution in [3.05, 3.63) is 33.3 Å². The summed E-state index contributed by atoms with van der Waals surface area (Å²) in [5.41, 5.74) is 1.76. The summed E-state index contributed by atoms with van der Waals surface area (Å²) in [6.07, 6.45) is 1.74. The fourth-order valence-electron chi connectivity index (χ4n) is 1.76. The number of nitrogens with one attached hydrogen (secondary N) is 1. The van der Waals surface area contributed by atoms with Crippen LogP contribution >= 0.6 is 31.9 Å². The van der Waals surface area contributed by atoms with Crippen molar-refractivity contribution in [1.29, 1.82) is 0 Å². The SMILES string of the molecule is Oc1cc2c(cc1Br)[nH]c1ncc(Br)cc12. The van der Waals surface area contributed by atoms with Gasteiger partial charge in [-0.1, -0.05) is 0 Å². The van der Waals surface area contributed by atoms with Crippen LogP contribution in [0.2, 0.25) is 0 Å². The number of aromatic hydroxyl groups is 1. The number of rotatable bonds is 0. The lowest BCUT2D eigenvalue weighted by atomic mass is 10.2. The molecule has 0 aliphatic rings. The topological polar surface area (TPSA) is 48.9 Å². The van der Waals surface area contributed by atoms with Gasteiger partial charge in [-0.15, -0.1) is 0 Å². The molecular weight excluding hydrogens is 336 g/mol. The van der Waals surface area contributed by atoms with Gasteiger partial charge in [-0.05, 0) is 50.1 Å². The molecule has 0 saturated heterocycles. The number of benzene rings is 1. The van der Waals surface area contributed by atoms with Crippen LogP contribution in [-0.4, -0.2) is 15.1 Å². The summed E-state index contributed by atoms with van der Waals surface area (Å²) in [4.78, 5) is 7.48. The van der Waals surface area contributed by atoms with E-state index < -0.39 is 0 Å². The van der Waals surface area contributed by atoms with Crippen LogP contribution in [0.1, 0.15) is 0 Å².